The fourth-order valence-electron chi connectivity index (χ4n) is 0.700. The standard InChI is InChI=1S/C7H4ClFI2/c8-3-5-6(10)1-4(9)2-7(5)11/h1-2H,3H2. The van der Waals surface area contributed by atoms with Crippen LogP contribution in [0.1, 0.15) is 5.56 Å². The van der Waals surface area contributed by atoms with Crippen LogP contribution in [0, 0.1) is 13.0 Å². The third-order valence-corrected chi connectivity index (χ3v) is 3.43. The highest BCUT2D eigenvalue weighted by Crippen LogP contribution is 2.22. The molecule has 0 amide bonds. The van der Waals surface area contributed by atoms with E-state index >= 15 is 0 Å². The van der Waals surface area contributed by atoms with Crippen LogP contribution in [0.25, 0.3) is 0 Å². The van der Waals surface area contributed by atoms with Gasteiger partial charge in [0.25, 0.3) is 0 Å². The molecule has 1 rings (SSSR count). The number of hydrogen-bond donors (Lipinski definition) is 0. The number of hydrogen-bond acceptors (Lipinski definition) is 0. The molecule has 1 aromatic carbocycles. The highest BCUT2D eigenvalue weighted by Gasteiger charge is 2.05. The van der Waals surface area contributed by atoms with Crippen LogP contribution in [0.15, 0.2) is 12.1 Å². The first-order chi connectivity index (χ1) is 5.15. The van der Waals surface area contributed by atoms with Gasteiger partial charge in [-0.3, -0.25) is 0 Å². The first kappa shape index (κ1) is 9.98. The summed E-state index contributed by atoms with van der Waals surface area (Å²) in [5.74, 6) is 0.240. The van der Waals surface area contributed by atoms with Crippen molar-refractivity contribution in [1.82, 2.24) is 0 Å². The predicted octanol–water partition coefficient (Wildman–Crippen LogP) is 3.77. The fourth-order valence-corrected chi connectivity index (χ4v) is 3.51. The lowest BCUT2D eigenvalue weighted by atomic mass is 10.2. The smallest absolute Gasteiger partial charge is 0.125 e. The van der Waals surface area contributed by atoms with Crippen molar-refractivity contribution >= 4 is 56.8 Å². The van der Waals surface area contributed by atoms with E-state index in [4.69, 9.17) is 11.6 Å². The van der Waals surface area contributed by atoms with Crippen LogP contribution in [0.2, 0.25) is 0 Å². The highest BCUT2D eigenvalue weighted by molar-refractivity contribution is 14.1. The van der Waals surface area contributed by atoms with Gasteiger partial charge >= 0.3 is 0 Å². The average molecular weight is 396 g/mol. The maximum atomic E-state index is 12.7. The molecule has 0 spiro atoms. The molecule has 1 aromatic rings. The van der Waals surface area contributed by atoms with Gasteiger partial charge in [-0.2, -0.15) is 0 Å². The second kappa shape index (κ2) is 4.23. The molecule has 0 N–H and O–H groups in total. The number of benzene rings is 1. The van der Waals surface area contributed by atoms with Crippen LogP contribution in [0.3, 0.4) is 0 Å². The summed E-state index contributed by atoms with van der Waals surface area (Å²) >= 11 is 9.82. The Morgan fingerprint density at radius 1 is 1.27 bits per heavy atom. The van der Waals surface area contributed by atoms with E-state index in [1.165, 1.54) is 12.1 Å². The Labute approximate surface area is 96.8 Å². The van der Waals surface area contributed by atoms with Crippen LogP contribution in [-0.2, 0) is 5.88 Å². The van der Waals surface area contributed by atoms with Crippen molar-refractivity contribution in [3.8, 4) is 0 Å². The zero-order valence-electron chi connectivity index (χ0n) is 5.37. The third kappa shape index (κ3) is 2.42. The largest absolute Gasteiger partial charge is 0.207 e. The molecule has 0 unspecified atom stereocenters. The van der Waals surface area contributed by atoms with Crippen LogP contribution in [0.5, 0.6) is 0 Å². The Morgan fingerprint density at radius 2 is 1.73 bits per heavy atom. The summed E-state index contributed by atoms with van der Waals surface area (Å²) in [4.78, 5) is 0. The molecule has 0 saturated carbocycles. The highest BCUT2D eigenvalue weighted by atomic mass is 127. The van der Waals surface area contributed by atoms with Crippen LogP contribution in [0.4, 0.5) is 4.39 Å². The second-order valence-corrected chi connectivity index (χ2v) is 4.57. The van der Waals surface area contributed by atoms with Crippen molar-refractivity contribution in [3.05, 3.63) is 30.7 Å². The zero-order valence-corrected chi connectivity index (χ0v) is 10.4. The van der Waals surface area contributed by atoms with Crippen LogP contribution >= 0.6 is 56.8 Å². The normalized spacial score (nSPS) is 10.2. The van der Waals surface area contributed by atoms with Gasteiger partial charge in [0.15, 0.2) is 0 Å². The molecule has 0 heterocycles. The minimum Gasteiger partial charge on any atom is -0.207 e. The molecule has 4 heteroatoms. The van der Waals surface area contributed by atoms with Crippen molar-refractivity contribution in [2.75, 3.05) is 0 Å². The SMILES string of the molecule is Fc1cc(I)c(CCl)c(I)c1. The molecule has 0 nitrogen and oxygen atoms in total. The van der Waals surface area contributed by atoms with E-state index in [1.54, 1.807) is 0 Å². The first-order valence-electron chi connectivity index (χ1n) is 2.84. The Balaban J connectivity index is 3.25. The Morgan fingerprint density at radius 3 is 2.09 bits per heavy atom. The lowest BCUT2D eigenvalue weighted by Crippen LogP contribution is -1.91. The maximum absolute atomic E-state index is 12.7. The Hall–Kier alpha value is 0.900. The van der Waals surface area contributed by atoms with E-state index in [2.05, 4.69) is 45.2 Å². The minimum atomic E-state index is -0.201. The Bertz CT molecular complexity index is 252. The van der Waals surface area contributed by atoms with Crippen LogP contribution < -0.4 is 0 Å². The molecule has 0 bridgehead atoms. The van der Waals surface area contributed by atoms with Gasteiger partial charge < -0.3 is 0 Å². The van der Waals surface area contributed by atoms with E-state index in [9.17, 15) is 4.39 Å². The van der Waals surface area contributed by atoms with Gasteiger partial charge in [0.2, 0.25) is 0 Å². The first-order valence-corrected chi connectivity index (χ1v) is 5.53. The molecule has 0 aliphatic carbocycles. The molecular weight excluding hydrogens is 392 g/mol. The van der Waals surface area contributed by atoms with E-state index in [1.807, 2.05) is 0 Å². The molecule has 0 saturated heterocycles. The summed E-state index contributed by atoms with van der Waals surface area (Å²) in [5, 5.41) is 0. The van der Waals surface area contributed by atoms with Crippen molar-refractivity contribution in [2.24, 2.45) is 0 Å². The van der Waals surface area contributed by atoms with E-state index in [0.717, 1.165) is 12.7 Å². The maximum Gasteiger partial charge on any atom is 0.125 e. The van der Waals surface area contributed by atoms with E-state index in [-0.39, 0.29) is 5.82 Å². The van der Waals surface area contributed by atoms with Gasteiger partial charge in [-0.05, 0) is 62.9 Å². The Kier molecular flexibility index (Phi) is 3.84. The molecule has 0 fully saturated rings. The number of alkyl halides is 1. The van der Waals surface area contributed by atoms with Crippen molar-refractivity contribution < 1.29 is 4.39 Å². The summed E-state index contributed by atoms with van der Waals surface area (Å²) < 4.78 is 14.5. The molecule has 0 aliphatic rings. The van der Waals surface area contributed by atoms with Gasteiger partial charge in [0, 0.05) is 13.0 Å². The molecule has 0 aromatic heterocycles. The molecule has 60 valence electrons. The topological polar surface area (TPSA) is 0 Å². The molecular formula is C7H4ClFI2. The van der Waals surface area contributed by atoms with Gasteiger partial charge in [0.05, 0.1) is 0 Å². The summed E-state index contributed by atoms with van der Waals surface area (Å²) in [5.41, 5.74) is 1.01. The monoisotopic (exact) mass is 396 g/mol. The second-order valence-electron chi connectivity index (χ2n) is 1.98. The molecule has 0 aliphatic heterocycles. The van der Waals surface area contributed by atoms with Gasteiger partial charge in [-0.1, -0.05) is 0 Å². The predicted molar refractivity (Wildman–Crippen MR) is 61.4 cm³/mol. The van der Waals surface area contributed by atoms with Gasteiger partial charge in [0.1, 0.15) is 5.82 Å². The number of rotatable bonds is 1. The zero-order chi connectivity index (χ0) is 8.43. The van der Waals surface area contributed by atoms with Crippen molar-refractivity contribution in [2.45, 2.75) is 5.88 Å². The molecule has 0 atom stereocenters. The van der Waals surface area contributed by atoms with Crippen molar-refractivity contribution in [1.29, 1.82) is 0 Å². The summed E-state index contributed by atoms with van der Waals surface area (Å²) in [7, 11) is 0. The van der Waals surface area contributed by atoms with Crippen molar-refractivity contribution in [3.63, 3.8) is 0 Å². The molecule has 0 radical (unpaired) electrons. The van der Waals surface area contributed by atoms with Gasteiger partial charge in [-0.25, -0.2) is 4.39 Å². The minimum absolute atomic E-state index is 0.201. The van der Waals surface area contributed by atoms with E-state index in [0.29, 0.717) is 5.88 Å². The van der Waals surface area contributed by atoms with Gasteiger partial charge in [-0.15, -0.1) is 11.6 Å². The molecule has 11 heavy (non-hydrogen) atoms. The summed E-state index contributed by atoms with van der Waals surface area (Å²) in [6.45, 7) is 0. The lowest BCUT2D eigenvalue weighted by Gasteiger charge is -2.02. The summed E-state index contributed by atoms with van der Waals surface area (Å²) in [6, 6.07) is 2.97. The number of halogens is 4. The third-order valence-electron chi connectivity index (χ3n) is 1.24. The fraction of sp³-hybridized carbons (Fsp3) is 0.143. The average Bonchev–Trinajstić information content (AvgIpc) is 1.85. The summed E-state index contributed by atoms with van der Waals surface area (Å²) in [6.07, 6.45) is 0. The lowest BCUT2D eigenvalue weighted by molar-refractivity contribution is 0.625. The quantitative estimate of drug-likeness (QED) is 0.501. The van der Waals surface area contributed by atoms with E-state index < -0.39 is 0 Å². The van der Waals surface area contributed by atoms with Crippen LogP contribution in [-0.4, -0.2) is 0 Å².